The van der Waals surface area contributed by atoms with Gasteiger partial charge in [-0.3, -0.25) is 4.68 Å². The van der Waals surface area contributed by atoms with Crippen LogP contribution < -0.4 is 5.32 Å². The molecule has 0 aliphatic heterocycles. The quantitative estimate of drug-likeness (QED) is 0.841. The first-order valence-electron chi connectivity index (χ1n) is 8.03. The zero-order valence-electron chi connectivity index (χ0n) is 13.0. The first kappa shape index (κ1) is 16.3. The monoisotopic (exact) mass is 300 g/mol. The fourth-order valence-corrected chi connectivity index (χ4v) is 3.11. The maximum Gasteiger partial charge on any atom is 0.248 e. The first-order chi connectivity index (χ1) is 10.1. The number of aryl methyl sites for hydroxylation is 1. The minimum absolute atomic E-state index is 0.0163. The second-order valence-corrected chi connectivity index (χ2v) is 5.95. The van der Waals surface area contributed by atoms with Crippen LogP contribution in [0.3, 0.4) is 0 Å². The Labute approximate surface area is 125 Å². The van der Waals surface area contributed by atoms with Crippen LogP contribution in [0.25, 0.3) is 0 Å². The molecule has 2 rings (SSSR count). The molecule has 21 heavy (non-hydrogen) atoms. The number of hydrogen-bond acceptors (Lipinski definition) is 3. The number of hydrogen-bond donors (Lipinski definition) is 1. The van der Waals surface area contributed by atoms with Gasteiger partial charge in [-0.1, -0.05) is 6.92 Å². The summed E-state index contributed by atoms with van der Waals surface area (Å²) in [6, 6.07) is 0.218. The molecule has 0 bridgehead atoms. The van der Waals surface area contributed by atoms with Gasteiger partial charge in [0.05, 0.1) is 0 Å². The van der Waals surface area contributed by atoms with Gasteiger partial charge in [-0.25, -0.2) is 13.8 Å². The van der Waals surface area contributed by atoms with Gasteiger partial charge >= 0.3 is 0 Å². The molecule has 1 aliphatic carbocycles. The molecule has 0 aromatic carbocycles. The lowest BCUT2D eigenvalue weighted by Gasteiger charge is -2.34. The molecule has 0 amide bonds. The van der Waals surface area contributed by atoms with Gasteiger partial charge in [-0.15, -0.1) is 0 Å². The number of nitrogens with zero attached hydrogens (tertiary/aromatic N) is 3. The van der Waals surface area contributed by atoms with Gasteiger partial charge in [-0.2, -0.15) is 5.10 Å². The van der Waals surface area contributed by atoms with Crippen LogP contribution in [0.5, 0.6) is 0 Å². The van der Waals surface area contributed by atoms with Crippen molar-refractivity contribution in [3.8, 4) is 0 Å². The second-order valence-electron chi connectivity index (χ2n) is 5.95. The molecule has 6 heteroatoms. The van der Waals surface area contributed by atoms with Crippen LogP contribution in [0.1, 0.15) is 51.8 Å². The zero-order valence-corrected chi connectivity index (χ0v) is 13.0. The van der Waals surface area contributed by atoms with E-state index in [0.717, 1.165) is 31.8 Å². The smallest absolute Gasteiger partial charge is 0.248 e. The number of nitrogens with one attached hydrogen (secondary N) is 1. The van der Waals surface area contributed by atoms with E-state index in [4.69, 9.17) is 0 Å². The third-order valence-electron chi connectivity index (χ3n) is 4.39. The van der Waals surface area contributed by atoms with Crippen molar-refractivity contribution in [1.29, 1.82) is 0 Å². The van der Waals surface area contributed by atoms with Crippen LogP contribution in [0, 0.1) is 5.92 Å². The van der Waals surface area contributed by atoms with Crippen LogP contribution in [0.2, 0.25) is 0 Å². The van der Waals surface area contributed by atoms with E-state index in [2.05, 4.69) is 22.3 Å². The second kappa shape index (κ2) is 7.29. The van der Waals surface area contributed by atoms with Crippen LogP contribution in [-0.2, 0) is 13.0 Å². The normalized spacial score (nSPS) is 20.6. The summed E-state index contributed by atoms with van der Waals surface area (Å²) >= 11 is 0. The average molecular weight is 300 g/mol. The van der Waals surface area contributed by atoms with Crippen molar-refractivity contribution in [2.45, 2.75) is 70.9 Å². The molecule has 120 valence electrons. The van der Waals surface area contributed by atoms with Crippen molar-refractivity contribution >= 4 is 0 Å². The predicted molar refractivity (Wildman–Crippen MR) is 78.4 cm³/mol. The average Bonchev–Trinajstić information content (AvgIpc) is 2.91. The lowest BCUT2D eigenvalue weighted by molar-refractivity contribution is -0.0496. The molecule has 1 N–H and O–H groups in total. The van der Waals surface area contributed by atoms with Gasteiger partial charge in [0.25, 0.3) is 0 Å². The van der Waals surface area contributed by atoms with E-state index < -0.39 is 5.92 Å². The van der Waals surface area contributed by atoms with Crippen molar-refractivity contribution in [1.82, 2.24) is 20.1 Å². The predicted octanol–water partition coefficient (Wildman–Crippen LogP) is 3.03. The van der Waals surface area contributed by atoms with E-state index >= 15 is 0 Å². The molecule has 0 radical (unpaired) electrons. The van der Waals surface area contributed by atoms with Crippen LogP contribution in [0.15, 0.2) is 6.33 Å². The van der Waals surface area contributed by atoms with Crippen molar-refractivity contribution in [3.63, 3.8) is 0 Å². The Morgan fingerprint density at radius 3 is 2.71 bits per heavy atom. The van der Waals surface area contributed by atoms with Gasteiger partial charge in [0, 0.05) is 31.8 Å². The molecule has 1 aromatic heterocycles. The molecule has 1 atom stereocenters. The summed E-state index contributed by atoms with van der Waals surface area (Å²) in [4.78, 5) is 4.32. The Morgan fingerprint density at radius 2 is 2.10 bits per heavy atom. The van der Waals surface area contributed by atoms with Gasteiger partial charge < -0.3 is 5.32 Å². The van der Waals surface area contributed by atoms with E-state index in [9.17, 15) is 8.78 Å². The summed E-state index contributed by atoms with van der Waals surface area (Å²) in [5.41, 5.74) is 0. The Bertz CT molecular complexity index is 423. The Balaban J connectivity index is 2.01. The molecular formula is C15H26F2N4. The van der Waals surface area contributed by atoms with Crippen molar-refractivity contribution in [2.75, 3.05) is 6.54 Å². The summed E-state index contributed by atoms with van der Waals surface area (Å²) in [5, 5.41) is 7.72. The largest absolute Gasteiger partial charge is 0.313 e. The van der Waals surface area contributed by atoms with E-state index in [1.54, 1.807) is 6.33 Å². The number of halogens is 2. The summed E-state index contributed by atoms with van der Waals surface area (Å²) in [7, 11) is 0. The van der Waals surface area contributed by atoms with Crippen LogP contribution >= 0.6 is 0 Å². The molecule has 1 unspecified atom stereocenters. The highest BCUT2D eigenvalue weighted by Gasteiger charge is 2.37. The molecule has 4 nitrogen and oxygen atoms in total. The molecular weight excluding hydrogens is 274 g/mol. The third kappa shape index (κ3) is 4.46. The highest BCUT2D eigenvalue weighted by molar-refractivity contribution is 4.94. The maximum absolute atomic E-state index is 13.3. The summed E-state index contributed by atoms with van der Waals surface area (Å²) in [6.45, 7) is 5.86. The molecule has 0 spiro atoms. The Hall–Kier alpha value is -1.04. The van der Waals surface area contributed by atoms with E-state index in [1.807, 2.05) is 11.6 Å². The molecule has 1 aromatic rings. The number of alkyl halides is 2. The lowest BCUT2D eigenvalue weighted by Crippen LogP contribution is -2.42. The van der Waals surface area contributed by atoms with Gasteiger partial charge in [0.2, 0.25) is 5.92 Å². The molecule has 1 fully saturated rings. The van der Waals surface area contributed by atoms with Gasteiger partial charge in [0.15, 0.2) is 0 Å². The first-order valence-corrected chi connectivity index (χ1v) is 8.03. The van der Waals surface area contributed by atoms with Crippen molar-refractivity contribution in [2.24, 2.45) is 5.92 Å². The molecule has 0 saturated heterocycles. The minimum Gasteiger partial charge on any atom is -0.313 e. The highest BCUT2D eigenvalue weighted by Crippen LogP contribution is 2.37. The maximum atomic E-state index is 13.3. The third-order valence-corrected chi connectivity index (χ3v) is 4.39. The Kier molecular flexibility index (Phi) is 5.67. The highest BCUT2D eigenvalue weighted by atomic mass is 19.3. The fraction of sp³-hybridized carbons (Fsp3) is 0.867. The topological polar surface area (TPSA) is 42.7 Å². The van der Waals surface area contributed by atoms with Crippen LogP contribution in [-0.4, -0.2) is 33.3 Å². The lowest BCUT2D eigenvalue weighted by atomic mass is 9.81. The fourth-order valence-electron chi connectivity index (χ4n) is 3.11. The summed E-state index contributed by atoms with van der Waals surface area (Å²) in [6.07, 6.45) is 4.60. The molecule has 1 aliphatic rings. The van der Waals surface area contributed by atoms with Gasteiger partial charge in [0.1, 0.15) is 12.2 Å². The van der Waals surface area contributed by atoms with E-state index in [-0.39, 0.29) is 18.9 Å². The summed E-state index contributed by atoms with van der Waals surface area (Å²) in [5.74, 6) is -1.21. The number of aromatic nitrogens is 3. The minimum atomic E-state index is -2.46. The SMILES string of the molecule is CCCNC(Cc1ncnn1CC)C1CCC(F)(F)CC1. The Morgan fingerprint density at radius 1 is 1.38 bits per heavy atom. The van der Waals surface area contributed by atoms with Crippen LogP contribution in [0.4, 0.5) is 8.78 Å². The number of rotatable bonds is 7. The van der Waals surface area contributed by atoms with E-state index in [0.29, 0.717) is 18.8 Å². The van der Waals surface area contributed by atoms with E-state index in [1.165, 1.54) is 0 Å². The molecule has 1 saturated carbocycles. The standard InChI is InChI=1S/C15H26F2N4/c1-3-9-18-13(10-14-19-11-20-21(14)4-2)12-5-7-15(16,17)8-6-12/h11-13,18H,3-10H2,1-2H3. The van der Waals surface area contributed by atoms with Crippen molar-refractivity contribution < 1.29 is 8.78 Å². The van der Waals surface area contributed by atoms with Gasteiger partial charge in [-0.05, 0) is 38.6 Å². The van der Waals surface area contributed by atoms with Crippen molar-refractivity contribution in [3.05, 3.63) is 12.2 Å². The summed E-state index contributed by atoms with van der Waals surface area (Å²) < 4.78 is 28.6. The zero-order chi connectivity index (χ0) is 15.3. The molecule has 1 heterocycles.